The van der Waals surface area contributed by atoms with E-state index in [0.29, 0.717) is 11.1 Å². The summed E-state index contributed by atoms with van der Waals surface area (Å²) in [4.78, 5) is 16.4. The van der Waals surface area contributed by atoms with Gasteiger partial charge in [0.05, 0.1) is 23.9 Å². The fourth-order valence-electron chi connectivity index (χ4n) is 2.77. The van der Waals surface area contributed by atoms with E-state index in [1.807, 2.05) is 0 Å². The number of benzene rings is 2. The van der Waals surface area contributed by atoms with E-state index in [9.17, 15) is 31.1 Å². The van der Waals surface area contributed by atoms with Crippen LogP contribution in [0.4, 0.5) is 26.3 Å². The average Bonchev–Trinajstić information content (AvgIpc) is 2.71. The third kappa shape index (κ3) is 4.45. The molecule has 0 spiro atoms. The molecule has 1 heterocycles. The summed E-state index contributed by atoms with van der Waals surface area (Å²) in [5.41, 5.74) is -0.788. The molecule has 3 aromatic rings. The predicted octanol–water partition coefficient (Wildman–Crippen LogP) is 6.24. The van der Waals surface area contributed by atoms with Crippen LogP contribution in [0.1, 0.15) is 21.6 Å². The lowest BCUT2D eigenvalue weighted by Crippen LogP contribution is -2.08. The Bertz CT molecular complexity index is 1050. The number of methoxy groups -OCH3 is 1. The van der Waals surface area contributed by atoms with Gasteiger partial charge in [0.1, 0.15) is 0 Å². The summed E-state index contributed by atoms with van der Waals surface area (Å²) in [7, 11) is 1.12. The van der Waals surface area contributed by atoms with Crippen LogP contribution in [0.3, 0.4) is 0 Å². The average molecular weight is 425 g/mol. The van der Waals surface area contributed by atoms with Gasteiger partial charge in [-0.05, 0) is 42.0 Å². The first kappa shape index (κ1) is 21.4. The zero-order valence-electron chi connectivity index (χ0n) is 15.3. The fraction of sp³-hybridized carbons (Fsp3) is 0.143. The highest BCUT2D eigenvalue weighted by Crippen LogP contribution is 2.34. The van der Waals surface area contributed by atoms with Crippen molar-refractivity contribution in [3.8, 4) is 22.4 Å². The van der Waals surface area contributed by atoms with Gasteiger partial charge in [-0.25, -0.2) is 9.78 Å². The van der Waals surface area contributed by atoms with Crippen LogP contribution in [0.25, 0.3) is 22.4 Å². The fourth-order valence-corrected chi connectivity index (χ4v) is 2.77. The molecular weight excluding hydrogens is 412 g/mol. The summed E-state index contributed by atoms with van der Waals surface area (Å²) in [6.45, 7) is 0. The molecule has 0 saturated carbocycles. The van der Waals surface area contributed by atoms with E-state index in [0.717, 1.165) is 31.4 Å². The molecule has 0 radical (unpaired) electrons. The van der Waals surface area contributed by atoms with Crippen LogP contribution in [-0.2, 0) is 17.1 Å². The zero-order chi connectivity index (χ0) is 22.1. The Morgan fingerprint density at radius 1 is 0.733 bits per heavy atom. The predicted molar refractivity (Wildman–Crippen MR) is 96.5 cm³/mol. The first-order valence-corrected chi connectivity index (χ1v) is 8.45. The van der Waals surface area contributed by atoms with Crippen molar-refractivity contribution < 1.29 is 35.9 Å². The summed E-state index contributed by atoms with van der Waals surface area (Å²) >= 11 is 0. The topological polar surface area (TPSA) is 39.2 Å². The van der Waals surface area contributed by atoms with Gasteiger partial charge in [-0.1, -0.05) is 24.3 Å². The van der Waals surface area contributed by atoms with Gasteiger partial charge in [0.25, 0.3) is 0 Å². The number of hydrogen-bond donors (Lipinski definition) is 0. The number of carbonyl (C=O) groups excluding carboxylic acids is 1. The van der Waals surface area contributed by atoms with Crippen LogP contribution in [0.5, 0.6) is 0 Å². The molecule has 0 fully saturated rings. The van der Waals surface area contributed by atoms with Crippen molar-refractivity contribution in [2.45, 2.75) is 12.4 Å². The number of nitrogens with zero attached hydrogens (tertiary/aromatic N) is 1. The number of halogens is 6. The van der Waals surface area contributed by atoms with E-state index in [4.69, 9.17) is 4.74 Å². The van der Waals surface area contributed by atoms with Crippen LogP contribution in [-0.4, -0.2) is 18.1 Å². The van der Waals surface area contributed by atoms with Crippen molar-refractivity contribution in [1.82, 2.24) is 4.98 Å². The second-order valence-corrected chi connectivity index (χ2v) is 6.23. The summed E-state index contributed by atoms with van der Waals surface area (Å²) in [6, 6.07) is 11.3. The van der Waals surface area contributed by atoms with Gasteiger partial charge in [-0.2, -0.15) is 26.3 Å². The monoisotopic (exact) mass is 425 g/mol. The van der Waals surface area contributed by atoms with E-state index >= 15 is 0 Å². The van der Waals surface area contributed by atoms with Crippen LogP contribution >= 0.6 is 0 Å². The van der Waals surface area contributed by atoms with E-state index in [1.54, 1.807) is 0 Å². The Hall–Kier alpha value is -3.36. The van der Waals surface area contributed by atoms with Crippen molar-refractivity contribution in [2.75, 3.05) is 7.11 Å². The largest absolute Gasteiger partial charge is 0.464 e. The Kier molecular flexibility index (Phi) is 5.56. The molecule has 30 heavy (non-hydrogen) atoms. The summed E-state index contributed by atoms with van der Waals surface area (Å²) < 4.78 is 81.2. The first-order chi connectivity index (χ1) is 14.0. The lowest BCUT2D eigenvalue weighted by molar-refractivity contribution is -0.138. The van der Waals surface area contributed by atoms with Gasteiger partial charge in [0, 0.05) is 11.1 Å². The number of aromatic nitrogens is 1. The summed E-state index contributed by atoms with van der Waals surface area (Å²) in [5, 5.41) is 0. The number of carbonyl (C=O) groups is 1. The number of esters is 1. The molecule has 3 nitrogen and oxygen atoms in total. The molecule has 0 unspecified atom stereocenters. The van der Waals surface area contributed by atoms with E-state index < -0.39 is 29.4 Å². The van der Waals surface area contributed by atoms with Gasteiger partial charge < -0.3 is 4.74 Å². The normalized spacial score (nSPS) is 12.0. The van der Waals surface area contributed by atoms with Crippen molar-refractivity contribution in [3.63, 3.8) is 0 Å². The third-order valence-corrected chi connectivity index (χ3v) is 4.31. The lowest BCUT2D eigenvalue weighted by atomic mass is 10.00. The SMILES string of the molecule is COC(=O)c1nc(-c2ccc(C(F)(F)F)cc2)ccc1-c1ccc(C(F)(F)F)cc1. The van der Waals surface area contributed by atoms with E-state index in [1.165, 1.54) is 36.4 Å². The van der Waals surface area contributed by atoms with Crippen molar-refractivity contribution >= 4 is 5.97 Å². The van der Waals surface area contributed by atoms with Crippen molar-refractivity contribution in [1.29, 1.82) is 0 Å². The van der Waals surface area contributed by atoms with Gasteiger partial charge in [0.2, 0.25) is 0 Å². The van der Waals surface area contributed by atoms with Crippen LogP contribution < -0.4 is 0 Å². The summed E-state index contributed by atoms with van der Waals surface area (Å²) in [5.74, 6) is -0.835. The third-order valence-electron chi connectivity index (χ3n) is 4.31. The highest BCUT2D eigenvalue weighted by atomic mass is 19.4. The molecule has 0 atom stereocenters. The molecule has 0 aliphatic heterocycles. The Morgan fingerprint density at radius 3 is 1.63 bits per heavy atom. The maximum Gasteiger partial charge on any atom is 0.416 e. The second-order valence-electron chi connectivity index (χ2n) is 6.23. The van der Waals surface area contributed by atoms with Crippen molar-refractivity contribution in [2.24, 2.45) is 0 Å². The number of rotatable bonds is 3. The lowest BCUT2D eigenvalue weighted by Gasteiger charge is -2.12. The Morgan fingerprint density at radius 2 is 1.20 bits per heavy atom. The van der Waals surface area contributed by atoms with Gasteiger partial charge in [-0.15, -0.1) is 0 Å². The minimum Gasteiger partial charge on any atom is -0.464 e. The van der Waals surface area contributed by atoms with E-state index in [2.05, 4.69) is 4.98 Å². The molecule has 156 valence electrons. The van der Waals surface area contributed by atoms with Gasteiger partial charge in [0.15, 0.2) is 5.69 Å². The minimum atomic E-state index is -4.51. The molecule has 9 heteroatoms. The number of hydrogen-bond acceptors (Lipinski definition) is 3. The van der Waals surface area contributed by atoms with Crippen LogP contribution in [0.2, 0.25) is 0 Å². The Balaban J connectivity index is 2.03. The molecule has 3 rings (SSSR count). The quantitative estimate of drug-likeness (QED) is 0.368. The van der Waals surface area contributed by atoms with Gasteiger partial charge in [-0.3, -0.25) is 0 Å². The first-order valence-electron chi connectivity index (χ1n) is 8.45. The molecule has 2 aromatic carbocycles. The Labute approximate surface area is 166 Å². The van der Waals surface area contributed by atoms with E-state index in [-0.39, 0.29) is 17.0 Å². The smallest absolute Gasteiger partial charge is 0.416 e. The molecule has 1 aromatic heterocycles. The molecule has 0 amide bonds. The maximum atomic E-state index is 12.8. The standard InChI is InChI=1S/C21H13F6NO2/c1-30-19(29)18-16(12-2-6-14(7-3-12)20(22,23)24)10-11-17(28-18)13-4-8-15(9-5-13)21(25,26)27/h2-11H,1H3. The molecular formula is C21H13F6NO2. The number of ether oxygens (including phenoxy) is 1. The molecule has 0 aliphatic carbocycles. The zero-order valence-corrected chi connectivity index (χ0v) is 15.3. The second kappa shape index (κ2) is 7.81. The highest BCUT2D eigenvalue weighted by molar-refractivity contribution is 5.96. The molecule has 0 N–H and O–H groups in total. The van der Waals surface area contributed by atoms with Crippen LogP contribution in [0, 0.1) is 0 Å². The number of pyridine rings is 1. The molecule has 0 aliphatic rings. The van der Waals surface area contributed by atoms with Crippen molar-refractivity contribution in [3.05, 3.63) is 77.5 Å². The molecule has 0 saturated heterocycles. The maximum absolute atomic E-state index is 12.8. The number of alkyl halides is 6. The molecule has 0 bridgehead atoms. The summed E-state index contributed by atoms with van der Waals surface area (Å²) in [6.07, 6.45) is -9.00. The highest BCUT2D eigenvalue weighted by Gasteiger charge is 2.31. The minimum absolute atomic E-state index is 0.172. The van der Waals surface area contributed by atoms with Crippen LogP contribution in [0.15, 0.2) is 60.7 Å². The van der Waals surface area contributed by atoms with Gasteiger partial charge >= 0.3 is 18.3 Å².